The van der Waals surface area contributed by atoms with E-state index in [2.05, 4.69) is 50.2 Å². The van der Waals surface area contributed by atoms with E-state index < -0.39 is 12.0 Å². The highest BCUT2D eigenvalue weighted by Gasteiger charge is 2.34. The molecule has 0 aliphatic carbocycles. The number of ether oxygens (including phenoxy) is 4. The van der Waals surface area contributed by atoms with Crippen LogP contribution in [0.2, 0.25) is 5.02 Å². The van der Waals surface area contributed by atoms with Crippen LogP contribution in [0.5, 0.6) is 17.2 Å². The molecule has 0 spiro atoms. The molecule has 2 heterocycles. The van der Waals surface area contributed by atoms with Crippen LogP contribution in [0, 0.1) is 7.14 Å². The minimum Gasteiger partial charge on any atom is -0.493 e. The predicted octanol–water partition coefficient (Wildman–Crippen LogP) is 6.26. The monoisotopic (exact) mass is 856 g/mol. The first-order valence-corrected chi connectivity index (χ1v) is 16.8. The van der Waals surface area contributed by atoms with Crippen molar-refractivity contribution in [1.82, 2.24) is 4.57 Å². The summed E-state index contributed by atoms with van der Waals surface area (Å²) in [5.41, 5.74) is 2.90. The van der Waals surface area contributed by atoms with Gasteiger partial charge in [-0.25, -0.2) is 9.79 Å². The molecule has 1 aliphatic heterocycles. The second-order valence-electron chi connectivity index (χ2n) is 9.61. The summed E-state index contributed by atoms with van der Waals surface area (Å²) < 4.78 is 26.3. The fourth-order valence-electron chi connectivity index (χ4n) is 4.85. The van der Waals surface area contributed by atoms with Gasteiger partial charge in [0.25, 0.3) is 5.56 Å². The molecule has 5 rings (SSSR count). The van der Waals surface area contributed by atoms with Crippen LogP contribution in [0.3, 0.4) is 0 Å². The molecule has 0 unspecified atom stereocenters. The molecule has 3 aromatic carbocycles. The number of allylic oxidation sites excluding steroid dienone is 1. The SMILES string of the molecule is CCOC(=O)C1=C(C)N=c2s/c(=C/c3cc(I)c(OCc4ccccc4Cl)c(I)c3)c(=O)n2[C@H]1c1ccc(OC)c(OC)c1. The molecular formula is C32H27ClI2N2O6S. The summed E-state index contributed by atoms with van der Waals surface area (Å²) in [6.07, 6.45) is 1.83. The summed E-state index contributed by atoms with van der Waals surface area (Å²) in [6.45, 7) is 4.02. The van der Waals surface area contributed by atoms with Crippen molar-refractivity contribution in [3.8, 4) is 17.2 Å². The standard InChI is InChI=1S/C32H27ClI2N2O6S/c1-5-42-31(39)27-17(2)36-32-37(28(27)19-10-11-24(40-3)25(15-19)41-4)30(38)26(44-32)14-18-12-22(34)29(23(35)13-18)43-16-20-8-6-7-9-21(20)33/h6-15,28H,5,16H2,1-4H3/b26-14+/t28-/m0/s1. The minimum absolute atomic E-state index is 0.189. The van der Waals surface area contributed by atoms with Crippen molar-refractivity contribution in [2.45, 2.75) is 26.5 Å². The summed E-state index contributed by atoms with van der Waals surface area (Å²) >= 11 is 12.0. The van der Waals surface area contributed by atoms with Crippen LogP contribution >= 0.6 is 68.1 Å². The summed E-state index contributed by atoms with van der Waals surface area (Å²) in [6, 6.07) is 16.1. The smallest absolute Gasteiger partial charge is 0.338 e. The summed E-state index contributed by atoms with van der Waals surface area (Å²) in [4.78, 5) is 32.4. The highest BCUT2D eigenvalue weighted by Crippen LogP contribution is 2.36. The average molecular weight is 857 g/mol. The Bertz CT molecular complexity index is 1950. The Morgan fingerprint density at radius 1 is 1.07 bits per heavy atom. The number of methoxy groups -OCH3 is 2. The van der Waals surface area contributed by atoms with E-state index in [1.807, 2.05) is 48.5 Å². The van der Waals surface area contributed by atoms with Gasteiger partial charge in [-0.15, -0.1) is 0 Å². The number of rotatable bonds is 9. The summed E-state index contributed by atoms with van der Waals surface area (Å²) in [5.74, 6) is 1.23. The molecule has 0 amide bonds. The number of hydrogen-bond donors (Lipinski definition) is 0. The maximum absolute atomic E-state index is 14.1. The third-order valence-electron chi connectivity index (χ3n) is 6.89. The molecule has 1 aliphatic rings. The Hall–Kier alpha value is -2.88. The Labute approximate surface area is 290 Å². The van der Waals surface area contributed by atoms with E-state index in [1.165, 1.54) is 18.4 Å². The van der Waals surface area contributed by atoms with Crippen LogP contribution in [0.4, 0.5) is 0 Å². The molecular weight excluding hydrogens is 830 g/mol. The molecule has 0 radical (unpaired) electrons. The van der Waals surface area contributed by atoms with Crippen molar-refractivity contribution in [2.24, 2.45) is 4.99 Å². The second-order valence-corrected chi connectivity index (χ2v) is 13.4. The first kappa shape index (κ1) is 32.5. The van der Waals surface area contributed by atoms with Gasteiger partial charge < -0.3 is 18.9 Å². The third kappa shape index (κ3) is 6.56. The van der Waals surface area contributed by atoms with Crippen LogP contribution in [0.1, 0.15) is 36.6 Å². The fourth-order valence-corrected chi connectivity index (χ4v) is 8.21. The van der Waals surface area contributed by atoms with Gasteiger partial charge in [-0.1, -0.05) is 47.2 Å². The predicted molar refractivity (Wildman–Crippen MR) is 188 cm³/mol. The molecule has 8 nitrogen and oxygen atoms in total. The van der Waals surface area contributed by atoms with Gasteiger partial charge in [0, 0.05) is 10.6 Å². The van der Waals surface area contributed by atoms with Gasteiger partial charge in [0.15, 0.2) is 16.3 Å². The summed E-state index contributed by atoms with van der Waals surface area (Å²) in [5, 5.41) is 0.650. The number of thiazole rings is 1. The lowest BCUT2D eigenvalue weighted by molar-refractivity contribution is -0.139. The van der Waals surface area contributed by atoms with E-state index in [0.29, 0.717) is 49.3 Å². The van der Waals surface area contributed by atoms with Crippen molar-refractivity contribution in [3.63, 3.8) is 0 Å². The number of carbonyl (C=O) groups is 1. The number of halogens is 3. The van der Waals surface area contributed by atoms with Gasteiger partial charge in [-0.3, -0.25) is 9.36 Å². The molecule has 0 bridgehead atoms. The second kappa shape index (κ2) is 14.0. The molecule has 12 heteroatoms. The minimum atomic E-state index is -0.770. The van der Waals surface area contributed by atoms with E-state index in [1.54, 1.807) is 37.7 Å². The third-order valence-corrected chi connectivity index (χ3v) is 9.84. The molecule has 1 aromatic heterocycles. The van der Waals surface area contributed by atoms with Gasteiger partial charge >= 0.3 is 5.97 Å². The van der Waals surface area contributed by atoms with Gasteiger partial charge in [0.2, 0.25) is 0 Å². The maximum Gasteiger partial charge on any atom is 0.338 e. The fraction of sp³-hybridized carbons (Fsp3) is 0.219. The molecule has 1 atom stereocenters. The van der Waals surface area contributed by atoms with E-state index in [4.69, 9.17) is 30.5 Å². The number of carbonyl (C=O) groups excluding carboxylic acids is 1. The van der Waals surface area contributed by atoms with Crippen LogP contribution < -0.4 is 29.1 Å². The number of nitrogens with zero attached hydrogens (tertiary/aromatic N) is 2. The van der Waals surface area contributed by atoms with Gasteiger partial charge in [0.1, 0.15) is 12.4 Å². The van der Waals surface area contributed by atoms with Crippen LogP contribution in [-0.2, 0) is 16.1 Å². The van der Waals surface area contributed by atoms with Crippen molar-refractivity contribution in [1.29, 1.82) is 0 Å². The summed E-state index contributed by atoms with van der Waals surface area (Å²) in [7, 11) is 3.09. The zero-order chi connectivity index (χ0) is 31.5. The Morgan fingerprint density at radius 3 is 2.43 bits per heavy atom. The number of hydrogen-bond acceptors (Lipinski definition) is 8. The average Bonchev–Trinajstić information content (AvgIpc) is 3.30. The first-order chi connectivity index (χ1) is 21.2. The zero-order valence-electron chi connectivity index (χ0n) is 24.2. The van der Waals surface area contributed by atoms with E-state index in [-0.39, 0.29) is 12.2 Å². The van der Waals surface area contributed by atoms with Gasteiger partial charge in [-0.05, 0) is 107 Å². The number of fused-ring (bicyclic) bond motifs is 1. The lowest BCUT2D eigenvalue weighted by atomic mass is 9.95. The Morgan fingerprint density at radius 2 is 1.77 bits per heavy atom. The van der Waals surface area contributed by atoms with Crippen LogP contribution in [-0.4, -0.2) is 31.4 Å². The Balaban J connectivity index is 1.58. The Kier molecular flexibility index (Phi) is 10.4. The first-order valence-electron chi connectivity index (χ1n) is 13.4. The quantitative estimate of drug-likeness (QED) is 0.146. The zero-order valence-corrected chi connectivity index (χ0v) is 30.0. The van der Waals surface area contributed by atoms with E-state index >= 15 is 0 Å². The molecule has 4 aromatic rings. The molecule has 228 valence electrons. The van der Waals surface area contributed by atoms with E-state index in [9.17, 15) is 9.59 Å². The molecule has 0 saturated carbocycles. The number of aromatic nitrogens is 1. The maximum atomic E-state index is 14.1. The van der Waals surface area contributed by atoms with Crippen LogP contribution in [0.25, 0.3) is 6.08 Å². The number of esters is 1. The van der Waals surface area contributed by atoms with Gasteiger partial charge in [0.05, 0.1) is 49.8 Å². The molecule has 44 heavy (non-hydrogen) atoms. The van der Waals surface area contributed by atoms with Crippen molar-refractivity contribution >= 4 is 80.2 Å². The largest absolute Gasteiger partial charge is 0.493 e. The molecule has 0 N–H and O–H groups in total. The molecule has 0 fully saturated rings. The topological polar surface area (TPSA) is 88.4 Å². The van der Waals surface area contributed by atoms with E-state index in [0.717, 1.165) is 24.0 Å². The highest BCUT2D eigenvalue weighted by molar-refractivity contribution is 14.1. The van der Waals surface area contributed by atoms with Crippen molar-refractivity contribution < 1.29 is 23.7 Å². The van der Waals surface area contributed by atoms with Crippen molar-refractivity contribution in [2.75, 3.05) is 20.8 Å². The lowest BCUT2D eigenvalue weighted by Gasteiger charge is -2.25. The van der Waals surface area contributed by atoms with Crippen LogP contribution in [0.15, 0.2) is 75.7 Å². The van der Waals surface area contributed by atoms with Crippen molar-refractivity contribution in [3.05, 3.63) is 114 Å². The molecule has 0 saturated heterocycles. The number of benzene rings is 3. The normalized spacial score (nSPS) is 14.6. The van der Waals surface area contributed by atoms with Gasteiger partial charge in [-0.2, -0.15) is 0 Å². The highest BCUT2D eigenvalue weighted by atomic mass is 127. The lowest BCUT2D eigenvalue weighted by Crippen LogP contribution is -2.40.